The molecule has 0 atom stereocenters. The zero-order valence-electron chi connectivity index (χ0n) is 21.2. The van der Waals surface area contributed by atoms with E-state index in [0.29, 0.717) is 35.2 Å². The Balaban J connectivity index is 1.67. The third-order valence-corrected chi connectivity index (χ3v) is 8.59. The summed E-state index contributed by atoms with van der Waals surface area (Å²) in [6, 6.07) is 6.60. The highest BCUT2D eigenvalue weighted by atomic mass is 32.2. The summed E-state index contributed by atoms with van der Waals surface area (Å²) in [5, 5.41) is 0. The van der Waals surface area contributed by atoms with E-state index in [1.165, 1.54) is 37.4 Å². The molecule has 3 heterocycles. The lowest BCUT2D eigenvalue weighted by molar-refractivity contribution is -0.139. The fourth-order valence-corrected chi connectivity index (χ4v) is 5.75. The van der Waals surface area contributed by atoms with Crippen LogP contribution in [0.15, 0.2) is 53.7 Å². The SMILES string of the molecule is CCS(=O)(=O)c1cc(-c2ccc(C(F)(F)F)c(C3CC3)c2)cnc1-c1cc2n(CC(F)F)cc(C(F)(F)F)cc-2n1. The largest absolute Gasteiger partial charge is 0.417 e. The monoisotopic (exact) mass is 603 g/mol. The molecule has 1 saturated carbocycles. The van der Waals surface area contributed by atoms with Crippen LogP contribution in [-0.2, 0) is 28.7 Å². The maximum Gasteiger partial charge on any atom is 0.417 e. The van der Waals surface area contributed by atoms with Gasteiger partial charge in [0.2, 0.25) is 0 Å². The lowest BCUT2D eigenvalue weighted by Gasteiger charge is -2.15. The van der Waals surface area contributed by atoms with E-state index >= 15 is 0 Å². The second-order valence-electron chi connectivity index (χ2n) is 9.73. The molecule has 0 saturated heterocycles. The Hall–Kier alpha value is -3.55. The standard InChI is InChI=1S/C27H21F8N3O2S/c1-2-41(39,40)23-8-16(15-5-6-19(27(33,34)35)18(7-15)14-3-4-14)11-36-25(23)21-10-22-20(37-21)9-17(26(30,31)32)12-38(22)13-24(28)29/h5-12,14,24H,2-4,13H2,1H3. The van der Waals surface area contributed by atoms with Crippen molar-refractivity contribution in [2.75, 3.05) is 5.75 Å². The maximum atomic E-state index is 13.5. The van der Waals surface area contributed by atoms with Crippen molar-refractivity contribution >= 4 is 9.84 Å². The molecule has 5 rings (SSSR count). The van der Waals surface area contributed by atoms with Crippen molar-refractivity contribution in [1.82, 2.24) is 14.5 Å². The van der Waals surface area contributed by atoms with Crippen LogP contribution in [0.5, 0.6) is 0 Å². The van der Waals surface area contributed by atoms with Crippen LogP contribution in [0.4, 0.5) is 35.1 Å². The summed E-state index contributed by atoms with van der Waals surface area (Å²) in [7, 11) is -4.04. The highest BCUT2D eigenvalue weighted by Gasteiger charge is 2.38. The highest BCUT2D eigenvalue weighted by Crippen LogP contribution is 2.47. The van der Waals surface area contributed by atoms with Gasteiger partial charge in [-0.25, -0.2) is 22.2 Å². The summed E-state index contributed by atoms with van der Waals surface area (Å²) in [5.74, 6) is -0.657. The minimum absolute atomic E-state index is 0.0872. The first-order chi connectivity index (χ1) is 19.1. The summed E-state index contributed by atoms with van der Waals surface area (Å²) in [4.78, 5) is 7.97. The summed E-state index contributed by atoms with van der Waals surface area (Å²) in [6.07, 6.45) is -9.45. The molecule has 0 amide bonds. The van der Waals surface area contributed by atoms with Gasteiger partial charge in [-0.3, -0.25) is 4.98 Å². The van der Waals surface area contributed by atoms with Gasteiger partial charge in [0.1, 0.15) is 5.69 Å². The average molecular weight is 604 g/mol. The van der Waals surface area contributed by atoms with Gasteiger partial charge in [0.05, 0.1) is 45.4 Å². The van der Waals surface area contributed by atoms with Crippen molar-refractivity contribution in [2.24, 2.45) is 0 Å². The van der Waals surface area contributed by atoms with Gasteiger partial charge in [0.15, 0.2) is 9.84 Å². The van der Waals surface area contributed by atoms with E-state index < -0.39 is 52.0 Å². The number of halogens is 8. The Morgan fingerprint density at radius 1 is 0.951 bits per heavy atom. The van der Waals surface area contributed by atoms with Crippen LogP contribution >= 0.6 is 0 Å². The van der Waals surface area contributed by atoms with Crippen LogP contribution in [0.3, 0.4) is 0 Å². The lowest BCUT2D eigenvalue weighted by Crippen LogP contribution is -2.14. The van der Waals surface area contributed by atoms with Gasteiger partial charge in [-0.05, 0) is 54.2 Å². The second-order valence-corrected chi connectivity index (χ2v) is 12.0. The fraction of sp³-hybridized carbons (Fsp3) is 0.333. The summed E-state index contributed by atoms with van der Waals surface area (Å²) in [5.41, 5.74) is -2.13. The van der Waals surface area contributed by atoms with Crippen LogP contribution in [0.2, 0.25) is 0 Å². The maximum absolute atomic E-state index is 13.5. The zero-order chi connectivity index (χ0) is 29.9. The third kappa shape index (κ3) is 5.79. The first-order valence-electron chi connectivity index (χ1n) is 12.4. The van der Waals surface area contributed by atoms with Crippen LogP contribution in [0.25, 0.3) is 33.9 Å². The van der Waals surface area contributed by atoms with E-state index in [1.807, 2.05) is 0 Å². The molecule has 2 aromatic rings. The Morgan fingerprint density at radius 3 is 2.24 bits per heavy atom. The van der Waals surface area contributed by atoms with Gasteiger partial charge in [-0.2, -0.15) is 26.3 Å². The summed E-state index contributed by atoms with van der Waals surface area (Å²) >= 11 is 0. The number of benzene rings is 1. The number of nitrogens with zero attached hydrogens (tertiary/aromatic N) is 3. The van der Waals surface area contributed by atoms with E-state index in [4.69, 9.17) is 0 Å². The van der Waals surface area contributed by atoms with E-state index in [0.717, 1.165) is 6.07 Å². The molecule has 14 heteroatoms. The number of aromatic nitrogens is 3. The van der Waals surface area contributed by atoms with E-state index in [2.05, 4.69) is 9.97 Å². The number of alkyl halides is 8. The van der Waals surface area contributed by atoms with Gasteiger partial charge in [-0.1, -0.05) is 19.1 Å². The molecule has 1 fully saturated rings. The normalized spacial score (nSPS) is 14.8. The predicted octanol–water partition coefficient (Wildman–Crippen LogP) is 7.69. The molecule has 218 valence electrons. The minimum atomic E-state index is -4.85. The van der Waals surface area contributed by atoms with Crippen molar-refractivity contribution in [2.45, 2.75) is 55.9 Å². The van der Waals surface area contributed by atoms with Crippen molar-refractivity contribution in [3.8, 4) is 33.9 Å². The van der Waals surface area contributed by atoms with Crippen molar-refractivity contribution in [1.29, 1.82) is 0 Å². The molecule has 41 heavy (non-hydrogen) atoms. The Labute approximate surface area is 229 Å². The number of pyridine rings is 2. The van der Waals surface area contributed by atoms with E-state index in [1.54, 1.807) is 0 Å². The molecule has 0 bridgehead atoms. The minimum Gasteiger partial charge on any atom is -0.340 e. The highest BCUT2D eigenvalue weighted by molar-refractivity contribution is 7.91. The first-order valence-corrected chi connectivity index (χ1v) is 14.0. The Kier molecular flexibility index (Phi) is 7.11. The molecule has 2 aliphatic heterocycles. The zero-order valence-corrected chi connectivity index (χ0v) is 22.0. The molecular formula is C27H21F8N3O2S. The number of fused-ring (bicyclic) bond motifs is 1. The molecule has 0 spiro atoms. The molecule has 3 aliphatic rings. The molecule has 0 radical (unpaired) electrons. The predicted molar refractivity (Wildman–Crippen MR) is 133 cm³/mol. The third-order valence-electron chi connectivity index (χ3n) is 6.85. The van der Waals surface area contributed by atoms with Crippen molar-refractivity contribution in [3.63, 3.8) is 0 Å². The van der Waals surface area contributed by atoms with Crippen LogP contribution in [0.1, 0.15) is 42.4 Å². The smallest absolute Gasteiger partial charge is 0.340 e. The van der Waals surface area contributed by atoms with Gasteiger partial charge < -0.3 is 4.57 Å². The van der Waals surface area contributed by atoms with Crippen molar-refractivity contribution in [3.05, 3.63) is 65.5 Å². The average Bonchev–Trinajstić information content (AvgIpc) is 3.65. The number of rotatable bonds is 7. The number of hydrogen-bond donors (Lipinski definition) is 0. The van der Waals surface area contributed by atoms with Crippen LogP contribution in [0, 0.1) is 0 Å². The van der Waals surface area contributed by atoms with Crippen LogP contribution in [-0.4, -0.2) is 35.1 Å². The molecule has 0 unspecified atom stereocenters. The molecule has 0 N–H and O–H groups in total. The van der Waals surface area contributed by atoms with Gasteiger partial charge in [0.25, 0.3) is 6.43 Å². The summed E-state index contributed by atoms with van der Waals surface area (Å²) < 4.78 is 134. The van der Waals surface area contributed by atoms with Gasteiger partial charge in [0, 0.05) is 18.0 Å². The summed E-state index contributed by atoms with van der Waals surface area (Å²) in [6.45, 7) is 0.297. The topological polar surface area (TPSA) is 64.8 Å². The fourth-order valence-electron chi connectivity index (χ4n) is 4.68. The number of sulfone groups is 1. The number of hydrogen-bond acceptors (Lipinski definition) is 4. The van der Waals surface area contributed by atoms with E-state index in [-0.39, 0.29) is 44.7 Å². The van der Waals surface area contributed by atoms with Gasteiger partial charge >= 0.3 is 12.4 Å². The Morgan fingerprint density at radius 2 is 1.66 bits per heavy atom. The second kappa shape index (κ2) is 10.1. The molecule has 5 nitrogen and oxygen atoms in total. The van der Waals surface area contributed by atoms with Crippen LogP contribution < -0.4 is 0 Å². The van der Waals surface area contributed by atoms with Crippen molar-refractivity contribution < 1.29 is 43.5 Å². The molecule has 1 aromatic heterocycles. The molecule has 1 aliphatic carbocycles. The lowest BCUT2D eigenvalue weighted by atomic mass is 9.96. The quantitative estimate of drug-likeness (QED) is 0.203. The first kappa shape index (κ1) is 29.0. The Bertz CT molecular complexity index is 1690. The van der Waals surface area contributed by atoms with Gasteiger partial charge in [-0.15, -0.1) is 0 Å². The van der Waals surface area contributed by atoms with E-state index in [9.17, 15) is 43.5 Å². The molecule has 1 aromatic carbocycles. The molecular weight excluding hydrogens is 582 g/mol.